The topological polar surface area (TPSA) is 58.2 Å². The lowest BCUT2D eigenvalue weighted by Crippen LogP contribution is -2.25. The van der Waals surface area contributed by atoms with Crippen LogP contribution in [0.1, 0.15) is 64.8 Å². The van der Waals surface area contributed by atoms with Crippen molar-refractivity contribution in [2.24, 2.45) is 11.8 Å². The quantitative estimate of drug-likeness (QED) is 0.787. The summed E-state index contributed by atoms with van der Waals surface area (Å²) in [7, 11) is 0. The van der Waals surface area contributed by atoms with E-state index < -0.39 is 0 Å². The molecule has 0 spiro atoms. The van der Waals surface area contributed by atoms with E-state index in [4.69, 9.17) is 0 Å². The molecule has 1 fully saturated rings. The average molecular weight is 383 g/mol. The molecule has 2 aliphatic rings. The molecule has 1 aromatic carbocycles. The molecule has 2 N–H and O–H groups in total. The maximum Gasteiger partial charge on any atom is 0.261 e. The van der Waals surface area contributed by atoms with Crippen LogP contribution in [-0.4, -0.2) is 11.8 Å². The van der Waals surface area contributed by atoms with Crippen LogP contribution in [0.3, 0.4) is 0 Å². The number of nitrogens with one attached hydrogen (secondary N) is 2. The number of hydrogen-bond acceptors (Lipinski definition) is 3. The summed E-state index contributed by atoms with van der Waals surface area (Å²) in [4.78, 5) is 26.7. The molecule has 0 aliphatic heterocycles. The first kappa shape index (κ1) is 18.2. The zero-order valence-electron chi connectivity index (χ0n) is 15.9. The Kier molecular flexibility index (Phi) is 5.04. The van der Waals surface area contributed by atoms with Crippen LogP contribution in [0, 0.1) is 11.8 Å². The Hall–Kier alpha value is -2.14. The van der Waals surface area contributed by atoms with Gasteiger partial charge in [0, 0.05) is 16.5 Å². The molecule has 5 heteroatoms. The van der Waals surface area contributed by atoms with E-state index in [-0.39, 0.29) is 23.8 Å². The van der Waals surface area contributed by atoms with Crippen LogP contribution in [0.5, 0.6) is 0 Å². The number of amides is 2. The number of hydrogen-bond donors (Lipinski definition) is 2. The van der Waals surface area contributed by atoms with Gasteiger partial charge in [0.15, 0.2) is 0 Å². The monoisotopic (exact) mass is 382 g/mol. The third-order valence-electron chi connectivity index (χ3n) is 5.53. The fourth-order valence-electron chi connectivity index (χ4n) is 3.61. The maximum absolute atomic E-state index is 12.7. The normalized spacial score (nSPS) is 19.9. The van der Waals surface area contributed by atoms with E-state index in [0.29, 0.717) is 5.92 Å². The second-order valence-corrected chi connectivity index (χ2v) is 9.12. The van der Waals surface area contributed by atoms with E-state index in [1.807, 2.05) is 31.2 Å². The molecular formula is C22H26N2O2S. The molecule has 142 valence electrons. The lowest BCUT2D eigenvalue weighted by Gasteiger charge is -2.16. The highest BCUT2D eigenvalue weighted by atomic mass is 32.1. The smallest absolute Gasteiger partial charge is 0.261 e. The number of thiophene rings is 1. The number of benzene rings is 1. The van der Waals surface area contributed by atoms with Crippen molar-refractivity contribution in [1.82, 2.24) is 5.32 Å². The van der Waals surface area contributed by atoms with E-state index in [2.05, 4.69) is 23.6 Å². The van der Waals surface area contributed by atoms with Crippen molar-refractivity contribution in [2.45, 2.75) is 52.0 Å². The minimum atomic E-state index is -0.0799. The molecule has 2 atom stereocenters. The van der Waals surface area contributed by atoms with E-state index in [1.54, 1.807) is 11.3 Å². The second kappa shape index (κ2) is 7.47. The SMILES string of the molecule is CC1CCc2sc(C(=O)NC(C)c3ccc(NC(=O)C4CC4)cc3)cc2C1. The molecule has 0 saturated heterocycles. The van der Waals surface area contributed by atoms with Crippen molar-refractivity contribution in [2.75, 3.05) is 5.32 Å². The molecule has 2 unspecified atom stereocenters. The van der Waals surface area contributed by atoms with Crippen molar-refractivity contribution in [3.05, 3.63) is 51.2 Å². The van der Waals surface area contributed by atoms with Gasteiger partial charge in [-0.1, -0.05) is 19.1 Å². The Morgan fingerprint density at radius 2 is 1.89 bits per heavy atom. The zero-order chi connectivity index (χ0) is 19.0. The number of anilines is 1. The Balaban J connectivity index is 1.37. The van der Waals surface area contributed by atoms with Gasteiger partial charge >= 0.3 is 0 Å². The summed E-state index contributed by atoms with van der Waals surface area (Å²) < 4.78 is 0. The highest BCUT2D eigenvalue weighted by Gasteiger charge is 2.29. The number of carbonyl (C=O) groups excluding carboxylic acids is 2. The summed E-state index contributed by atoms with van der Waals surface area (Å²) in [5.74, 6) is 1.02. The molecule has 27 heavy (non-hydrogen) atoms. The van der Waals surface area contributed by atoms with Crippen molar-refractivity contribution in [3.63, 3.8) is 0 Å². The van der Waals surface area contributed by atoms with Gasteiger partial charge in [0.05, 0.1) is 10.9 Å². The minimum absolute atomic E-state index is 0.000616. The van der Waals surface area contributed by atoms with Crippen molar-refractivity contribution >= 4 is 28.8 Å². The largest absolute Gasteiger partial charge is 0.345 e. The van der Waals surface area contributed by atoms with Gasteiger partial charge in [0.25, 0.3) is 5.91 Å². The number of rotatable bonds is 5. The molecule has 0 radical (unpaired) electrons. The van der Waals surface area contributed by atoms with E-state index in [0.717, 1.165) is 41.8 Å². The van der Waals surface area contributed by atoms with Gasteiger partial charge in [-0.05, 0) is 74.3 Å². The van der Waals surface area contributed by atoms with Crippen LogP contribution in [-0.2, 0) is 17.6 Å². The number of carbonyl (C=O) groups is 2. The summed E-state index contributed by atoms with van der Waals surface area (Å²) in [5, 5.41) is 6.05. The average Bonchev–Trinajstić information content (AvgIpc) is 3.42. The van der Waals surface area contributed by atoms with E-state index in [9.17, 15) is 9.59 Å². The fourth-order valence-corrected chi connectivity index (χ4v) is 4.73. The van der Waals surface area contributed by atoms with Crippen LogP contribution in [0.4, 0.5) is 5.69 Å². The highest BCUT2D eigenvalue weighted by Crippen LogP contribution is 2.33. The Labute approximate surface area is 164 Å². The van der Waals surface area contributed by atoms with Crippen LogP contribution in [0.25, 0.3) is 0 Å². The predicted octanol–water partition coefficient (Wildman–Crippen LogP) is 4.71. The second-order valence-electron chi connectivity index (χ2n) is 7.99. The number of aryl methyl sites for hydroxylation is 1. The Bertz CT molecular complexity index is 852. The molecule has 2 aromatic rings. The Morgan fingerprint density at radius 1 is 1.15 bits per heavy atom. The lowest BCUT2D eigenvalue weighted by molar-refractivity contribution is -0.117. The van der Waals surface area contributed by atoms with Gasteiger partial charge < -0.3 is 10.6 Å². The van der Waals surface area contributed by atoms with Gasteiger partial charge in [-0.2, -0.15) is 0 Å². The minimum Gasteiger partial charge on any atom is -0.345 e. The standard InChI is InChI=1S/C22H26N2O2S/c1-13-3-10-19-17(11-13)12-20(27-19)22(26)23-14(2)15-6-8-18(9-7-15)24-21(25)16-4-5-16/h6-9,12-14,16H,3-5,10-11H2,1-2H3,(H,23,26)(H,24,25). The lowest BCUT2D eigenvalue weighted by atomic mass is 9.90. The maximum atomic E-state index is 12.7. The van der Waals surface area contributed by atoms with Crippen LogP contribution in [0.2, 0.25) is 0 Å². The summed E-state index contributed by atoms with van der Waals surface area (Å²) in [6, 6.07) is 9.74. The molecule has 2 amide bonds. The van der Waals surface area contributed by atoms with Crippen molar-refractivity contribution < 1.29 is 9.59 Å². The fraction of sp³-hybridized carbons (Fsp3) is 0.455. The molecule has 4 rings (SSSR count). The first-order chi connectivity index (χ1) is 13.0. The van der Waals surface area contributed by atoms with Gasteiger partial charge in [0.2, 0.25) is 5.91 Å². The highest BCUT2D eigenvalue weighted by molar-refractivity contribution is 7.14. The van der Waals surface area contributed by atoms with Gasteiger partial charge in [-0.25, -0.2) is 0 Å². The number of fused-ring (bicyclic) bond motifs is 1. The molecule has 1 saturated carbocycles. The third kappa shape index (κ3) is 4.24. The van der Waals surface area contributed by atoms with Crippen molar-refractivity contribution in [1.29, 1.82) is 0 Å². The van der Waals surface area contributed by atoms with Crippen LogP contribution < -0.4 is 10.6 Å². The molecule has 4 nitrogen and oxygen atoms in total. The summed E-state index contributed by atoms with van der Waals surface area (Å²) in [6.45, 7) is 4.27. The summed E-state index contributed by atoms with van der Waals surface area (Å²) >= 11 is 1.64. The third-order valence-corrected chi connectivity index (χ3v) is 6.76. The van der Waals surface area contributed by atoms with Gasteiger partial charge in [0.1, 0.15) is 0 Å². The molecular weight excluding hydrogens is 356 g/mol. The molecule has 2 aliphatic carbocycles. The van der Waals surface area contributed by atoms with E-state index in [1.165, 1.54) is 16.9 Å². The molecule has 1 aromatic heterocycles. The van der Waals surface area contributed by atoms with Crippen LogP contribution in [0.15, 0.2) is 30.3 Å². The first-order valence-corrected chi connectivity index (χ1v) is 10.6. The zero-order valence-corrected chi connectivity index (χ0v) is 16.7. The van der Waals surface area contributed by atoms with Gasteiger partial charge in [-0.15, -0.1) is 11.3 Å². The van der Waals surface area contributed by atoms with Gasteiger partial charge in [-0.3, -0.25) is 9.59 Å². The Morgan fingerprint density at radius 3 is 2.59 bits per heavy atom. The van der Waals surface area contributed by atoms with Crippen molar-refractivity contribution in [3.8, 4) is 0 Å². The molecule has 0 bridgehead atoms. The first-order valence-electron chi connectivity index (χ1n) is 9.83. The van der Waals surface area contributed by atoms with E-state index >= 15 is 0 Å². The summed E-state index contributed by atoms with van der Waals surface area (Å²) in [5.41, 5.74) is 3.20. The molecule has 1 heterocycles. The summed E-state index contributed by atoms with van der Waals surface area (Å²) in [6.07, 6.45) is 5.39. The van der Waals surface area contributed by atoms with Crippen LogP contribution >= 0.6 is 11.3 Å². The predicted molar refractivity (Wildman–Crippen MR) is 109 cm³/mol.